The maximum absolute atomic E-state index is 11.1. The first-order valence-electron chi connectivity index (χ1n) is 8.37. The number of ether oxygens (including phenoxy) is 1. The maximum Gasteiger partial charge on any atom is 0.405 e. The van der Waals surface area contributed by atoms with Crippen molar-refractivity contribution in [1.29, 1.82) is 0 Å². The van der Waals surface area contributed by atoms with Crippen molar-refractivity contribution in [3.8, 4) is 16.9 Å². The second kappa shape index (κ2) is 6.60. The van der Waals surface area contributed by atoms with Crippen LogP contribution in [-0.4, -0.2) is 17.8 Å². The number of benzene rings is 2. The number of carbonyl (C=O) groups is 1. The van der Waals surface area contributed by atoms with Gasteiger partial charge in [0, 0.05) is 0 Å². The van der Waals surface area contributed by atoms with Crippen molar-refractivity contribution in [1.82, 2.24) is 5.32 Å². The molecule has 0 heterocycles. The first kappa shape index (κ1) is 17.6. The minimum atomic E-state index is -0.992. The second-order valence-electron chi connectivity index (χ2n) is 7.04. The summed E-state index contributed by atoms with van der Waals surface area (Å²) in [5.74, 6) is 0.681. The molecule has 1 atom stereocenters. The predicted octanol–water partition coefficient (Wildman–Crippen LogP) is 5.30. The lowest BCUT2D eigenvalue weighted by Gasteiger charge is -2.27. The van der Waals surface area contributed by atoms with Crippen LogP contribution in [0.2, 0.25) is 5.02 Å². The van der Waals surface area contributed by atoms with Crippen LogP contribution < -0.4 is 10.1 Å². The third-order valence-corrected chi connectivity index (χ3v) is 5.01. The first-order valence-corrected chi connectivity index (χ1v) is 8.74. The quantitative estimate of drug-likeness (QED) is 0.779. The van der Waals surface area contributed by atoms with E-state index in [1.165, 1.54) is 5.56 Å². The Bertz CT molecular complexity index is 817. The van der Waals surface area contributed by atoms with Gasteiger partial charge in [0.15, 0.2) is 0 Å². The Morgan fingerprint density at radius 1 is 1.28 bits per heavy atom. The van der Waals surface area contributed by atoms with Gasteiger partial charge in [-0.2, -0.15) is 0 Å². The van der Waals surface area contributed by atoms with Crippen LogP contribution in [0.1, 0.15) is 37.9 Å². The van der Waals surface area contributed by atoms with Crippen molar-refractivity contribution in [2.24, 2.45) is 5.41 Å². The second-order valence-corrected chi connectivity index (χ2v) is 7.45. The fourth-order valence-electron chi connectivity index (χ4n) is 3.58. The van der Waals surface area contributed by atoms with E-state index in [0.29, 0.717) is 17.4 Å². The number of hydrogen-bond donors (Lipinski definition) is 2. The van der Waals surface area contributed by atoms with Gasteiger partial charge in [-0.25, -0.2) is 4.79 Å². The Hall–Kier alpha value is -2.20. The van der Waals surface area contributed by atoms with E-state index in [2.05, 4.69) is 25.2 Å². The fourth-order valence-corrected chi connectivity index (χ4v) is 3.82. The van der Waals surface area contributed by atoms with Crippen molar-refractivity contribution in [2.75, 3.05) is 6.61 Å². The molecule has 2 aromatic rings. The van der Waals surface area contributed by atoms with Crippen molar-refractivity contribution >= 4 is 17.7 Å². The van der Waals surface area contributed by atoms with E-state index in [4.69, 9.17) is 21.4 Å². The summed E-state index contributed by atoms with van der Waals surface area (Å²) in [6, 6.07) is 11.7. The molecule has 0 saturated heterocycles. The number of hydrogen-bond acceptors (Lipinski definition) is 2. The zero-order valence-electron chi connectivity index (χ0n) is 14.6. The lowest BCUT2D eigenvalue weighted by molar-refractivity contribution is 0.175. The molecule has 4 nitrogen and oxygen atoms in total. The van der Waals surface area contributed by atoms with Crippen molar-refractivity contribution in [3.63, 3.8) is 0 Å². The summed E-state index contributed by atoms with van der Waals surface area (Å²) < 4.78 is 5.48. The molecule has 0 unspecified atom stereocenters. The Labute approximate surface area is 152 Å². The number of nitrogens with one attached hydrogen (secondary N) is 1. The fraction of sp³-hybridized carbons (Fsp3) is 0.350. The SMILES string of the molecule is CCOc1ccc(-c2ccc3c(c2)CC(C)(C)[C@H]3NC(=O)O)cc1Cl. The molecule has 5 heteroatoms. The highest BCUT2D eigenvalue weighted by molar-refractivity contribution is 6.32. The van der Waals surface area contributed by atoms with E-state index in [1.54, 1.807) is 0 Å². The van der Waals surface area contributed by atoms with Crippen LogP contribution >= 0.6 is 11.6 Å². The maximum atomic E-state index is 11.1. The highest BCUT2D eigenvalue weighted by atomic mass is 35.5. The summed E-state index contributed by atoms with van der Waals surface area (Å²) in [4.78, 5) is 11.1. The van der Waals surface area contributed by atoms with Gasteiger partial charge in [0.2, 0.25) is 0 Å². The molecule has 132 valence electrons. The molecule has 1 aliphatic carbocycles. The minimum Gasteiger partial charge on any atom is -0.492 e. The molecule has 0 bridgehead atoms. The van der Waals surface area contributed by atoms with Crippen LogP contribution in [0.25, 0.3) is 11.1 Å². The zero-order chi connectivity index (χ0) is 18.2. The number of carboxylic acid groups (broad SMARTS) is 1. The summed E-state index contributed by atoms with van der Waals surface area (Å²) in [5, 5.41) is 12.4. The average Bonchev–Trinajstić information content (AvgIpc) is 2.78. The average molecular weight is 360 g/mol. The summed E-state index contributed by atoms with van der Waals surface area (Å²) in [6.07, 6.45) is -0.167. The molecular weight excluding hydrogens is 338 g/mol. The van der Waals surface area contributed by atoms with Crippen LogP contribution in [0.5, 0.6) is 5.75 Å². The standard InChI is InChI=1S/C20H22ClNO3/c1-4-25-17-8-6-13(10-16(17)21)12-5-7-15-14(9-12)11-20(2,3)18(15)22-19(23)24/h5-10,18,22H,4,11H2,1-3H3,(H,23,24)/t18-/m0/s1. The number of halogens is 1. The smallest absolute Gasteiger partial charge is 0.405 e. The van der Waals surface area contributed by atoms with Gasteiger partial charge in [0.25, 0.3) is 0 Å². The van der Waals surface area contributed by atoms with E-state index in [9.17, 15) is 4.79 Å². The van der Waals surface area contributed by atoms with Gasteiger partial charge in [-0.15, -0.1) is 0 Å². The molecule has 0 aliphatic heterocycles. The number of fused-ring (bicyclic) bond motifs is 1. The Balaban J connectivity index is 1.95. The highest BCUT2D eigenvalue weighted by Crippen LogP contribution is 2.46. The molecule has 0 fully saturated rings. The van der Waals surface area contributed by atoms with Crippen LogP contribution in [0.15, 0.2) is 36.4 Å². The summed E-state index contributed by atoms with van der Waals surface area (Å²) >= 11 is 6.30. The molecule has 25 heavy (non-hydrogen) atoms. The molecule has 2 N–H and O–H groups in total. The molecule has 3 rings (SSSR count). The summed E-state index contributed by atoms with van der Waals surface area (Å²) in [5.41, 5.74) is 4.15. The van der Waals surface area contributed by atoms with Crippen molar-refractivity contribution < 1.29 is 14.6 Å². The van der Waals surface area contributed by atoms with Crippen LogP contribution in [-0.2, 0) is 6.42 Å². The Kier molecular flexibility index (Phi) is 4.65. The van der Waals surface area contributed by atoms with Crippen LogP contribution in [0.4, 0.5) is 4.79 Å². The molecule has 0 aromatic heterocycles. The lowest BCUT2D eigenvalue weighted by atomic mass is 9.85. The highest BCUT2D eigenvalue weighted by Gasteiger charge is 2.39. The van der Waals surface area contributed by atoms with Gasteiger partial charge in [0.05, 0.1) is 17.7 Å². The molecule has 2 aromatic carbocycles. The largest absolute Gasteiger partial charge is 0.492 e. The van der Waals surface area contributed by atoms with E-state index < -0.39 is 6.09 Å². The minimum absolute atomic E-state index is 0.157. The predicted molar refractivity (Wildman–Crippen MR) is 99.4 cm³/mol. The van der Waals surface area contributed by atoms with E-state index in [0.717, 1.165) is 23.1 Å². The van der Waals surface area contributed by atoms with Gasteiger partial charge in [0.1, 0.15) is 5.75 Å². The Morgan fingerprint density at radius 3 is 2.60 bits per heavy atom. The third-order valence-electron chi connectivity index (χ3n) is 4.71. The Morgan fingerprint density at radius 2 is 1.96 bits per heavy atom. The van der Waals surface area contributed by atoms with Gasteiger partial charge in [-0.1, -0.05) is 49.7 Å². The molecular formula is C20H22ClNO3. The number of rotatable bonds is 4. The monoisotopic (exact) mass is 359 g/mol. The molecule has 0 radical (unpaired) electrons. The van der Waals surface area contributed by atoms with Gasteiger partial charge >= 0.3 is 6.09 Å². The van der Waals surface area contributed by atoms with E-state index in [-0.39, 0.29) is 11.5 Å². The van der Waals surface area contributed by atoms with Crippen molar-refractivity contribution in [2.45, 2.75) is 33.2 Å². The van der Waals surface area contributed by atoms with Crippen molar-refractivity contribution in [3.05, 3.63) is 52.5 Å². The molecule has 1 amide bonds. The summed E-state index contributed by atoms with van der Waals surface area (Å²) in [7, 11) is 0. The first-order chi connectivity index (χ1) is 11.8. The van der Waals surface area contributed by atoms with E-state index >= 15 is 0 Å². The van der Waals surface area contributed by atoms with Gasteiger partial charge < -0.3 is 15.2 Å². The third kappa shape index (κ3) is 3.45. The molecule has 0 saturated carbocycles. The molecule has 0 spiro atoms. The van der Waals surface area contributed by atoms with Gasteiger partial charge in [-0.3, -0.25) is 0 Å². The van der Waals surface area contributed by atoms with E-state index in [1.807, 2.05) is 37.3 Å². The topological polar surface area (TPSA) is 58.6 Å². The lowest BCUT2D eigenvalue weighted by Crippen LogP contribution is -2.34. The molecule has 1 aliphatic rings. The normalized spacial score (nSPS) is 17.8. The van der Waals surface area contributed by atoms with Crippen LogP contribution in [0, 0.1) is 5.41 Å². The van der Waals surface area contributed by atoms with Crippen LogP contribution in [0.3, 0.4) is 0 Å². The number of amides is 1. The summed E-state index contributed by atoms with van der Waals surface area (Å²) in [6.45, 7) is 6.67. The zero-order valence-corrected chi connectivity index (χ0v) is 15.4. The van der Waals surface area contributed by atoms with Gasteiger partial charge in [-0.05, 0) is 53.1 Å².